The molecule has 0 saturated carbocycles. The van der Waals surface area contributed by atoms with E-state index in [1.807, 2.05) is 44.2 Å². The van der Waals surface area contributed by atoms with Crippen molar-refractivity contribution in [3.8, 4) is 17.0 Å². The average Bonchev–Trinajstić information content (AvgIpc) is 2.52. The zero-order chi connectivity index (χ0) is 17.3. The van der Waals surface area contributed by atoms with Crippen LogP contribution in [0.3, 0.4) is 0 Å². The SMILES string of the molecule is CC(C)Oc1nc2ccccc2c(-c2cccc(Cl)c2)c1C(=O)O. The topological polar surface area (TPSA) is 59.4 Å². The average molecular weight is 342 g/mol. The Bertz CT molecular complexity index is 922. The number of nitrogens with zero attached hydrogens (tertiary/aromatic N) is 1. The summed E-state index contributed by atoms with van der Waals surface area (Å²) in [5, 5.41) is 11.1. The van der Waals surface area contributed by atoms with Crippen LogP contribution in [0.5, 0.6) is 5.88 Å². The number of carbonyl (C=O) groups is 1. The monoisotopic (exact) mass is 341 g/mol. The van der Waals surface area contributed by atoms with Crippen molar-refractivity contribution < 1.29 is 14.6 Å². The third kappa shape index (κ3) is 3.05. The van der Waals surface area contributed by atoms with Gasteiger partial charge in [0.15, 0.2) is 0 Å². The van der Waals surface area contributed by atoms with Crippen molar-refractivity contribution in [2.24, 2.45) is 0 Å². The number of aromatic carboxylic acids is 1. The Hall–Kier alpha value is -2.59. The number of hydrogen-bond acceptors (Lipinski definition) is 3. The van der Waals surface area contributed by atoms with Gasteiger partial charge in [-0.1, -0.05) is 41.9 Å². The maximum absolute atomic E-state index is 12.0. The zero-order valence-electron chi connectivity index (χ0n) is 13.3. The predicted octanol–water partition coefficient (Wildman–Crippen LogP) is 5.04. The highest BCUT2D eigenvalue weighted by atomic mass is 35.5. The maximum atomic E-state index is 12.0. The van der Waals surface area contributed by atoms with Crippen LogP contribution in [0.15, 0.2) is 48.5 Å². The Balaban J connectivity index is 2.43. The number of para-hydroxylation sites is 1. The van der Waals surface area contributed by atoms with Crippen LogP contribution in [0.1, 0.15) is 24.2 Å². The molecular formula is C19H16ClNO3. The fourth-order valence-corrected chi connectivity index (χ4v) is 2.83. The minimum absolute atomic E-state index is 0.0460. The first-order chi connectivity index (χ1) is 11.5. The van der Waals surface area contributed by atoms with Crippen molar-refractivity contribution in [3.63, 3.8) is 0 Å². The summed E-state index contributed by atoms with van der Waals surface area (Å²) in [4.78, 5) is 16.4. The van der Waals surface area contributed by atoms with Gasteiger partial charge in [-0.25, -0.2) is 9.78 Å². The van der Waals surface area contributed by atoms with Crippen LogP contribution in [-0.4, -0.2) is 22.2 Å². The summed E-state index contributed by atoms with van der Waals surface area (Å²) < 4.78 is 5.68. The third-order valence-electron chi connectivity index (χ3n) is 3.53. The van der Waals surface area contributed by atoms with E-state index in [4.69, 9.17) is 16.3 Å². The molecule has 5 heteroatoms. The van der Waals surface area contributed by atoms with Gasteiger partial charge in [0.05, 0.1) is 11.6 Å². The Morgan fingerprint density at radius 2 is 1.92 bits per heavy atom. The van der Waals surface area contributed by atoms with Gasteiger partial charge in [0.2, 0.25) is 5.88 Å². The number of rotatable bonds is 4. The van der Waals surface area contributed by atoms with Gasteiger partial charge in [-0.05, 0) is 37.6 Å². The van der Waals surface area contributed by atoms with Gasteiger partial charge in [-0.3, -0.25) is 0 Å². The first kappa shape index (κ1) is 16.3. The Labute approximate surface area is 144 Å². The molecule has 0 atom stereocenters. The molecule has 122 valence electrons. The van der Waals surface area contributed by atoms with Gasteiger partial charge < -0.3 is 9.84 Å². The van der Waals surface area contributed by atoms with Crippen molar-refractivity contribution in [2.75, 3.05) is 0 Å². The summed E-state index contributed by atoms with van der Waals surface area (Å²) in [5.41, 5.74) is 2.00. The van der Waals surface area contributed by atoms with Gasteiger partial charge in [0.25, 0.3) is 0 Å². The fourth-order valence-electron chi connectivity index (χ4n) is 2.64. The Morgan fingerprint density at radius 1 is 1.17 bits per heavy atom. The van der Waals surface area contributed by atoms with Gasteiger partial charge in [-0.2, -0.15) is 0 Å². The van der Waals surface area contributed by atoms with E-state index in [1.54, 1.807) is 18.2 Å². The summed E-state index contributed by atoms with van der Waals surface area (Å²) in [6.45, 7) is 3.67. The number of carboxylic acid groups (broad SMARTS) is 1. The highest BCUT2D eigenvalue weighted by Crippen LogP contribution is 2.37. The first-order valence-electron chi connectivity index (χ1n) is 7.56. The molecule has 3 aromatic rings. The number of aromatic nitrogens is 1. The van der Waals surface area contributed by atoms with Crippen LogP contribution in [0.4, 0.5) is 0 Å². The summed E-state index contributed by atoms with van der Waals surface area (Å²) >= 11 is 6.11. The van der Waals surface area contributed by atoms with Crippen LogP contribution in [0.25, 0.3) is 22.0 Å². The number of ether oxygens (including phenoxy) is 1. The second-order valence-electron chi connectivity index (χ2n) is 5.67. The molecule has 0 aliphatic rings. The van der Waals surface area contributed by atoms with Crippen LogP contribution >= 0.6 is 11.6 Å². The van der Waals surface area contributed by atoms with E-state index in [1.165, 1.54) is 0 Å². The van der Waals surface area contributed by atoms with E-state index >= 15 is 0 Å². The summed E-state index contributed by atoms with van der Waals surface area (Å²) in [5.74, 6) is -0.968. The van der Waals surface area contributed by atoms with E-state index in [-0.39, 0.29) is 17.5 Å². The van der Waals surface area contributed by atoms with Crippen molar-refractivity contribution in [2.45, 2.75) is 20.0 Å². The zero-order valence-corrected chi connectivity index (χ0v) is 14.0. The summed E-state index contributed by atoms with van der Waals surface area (Å²) in [6.07, 6.45) is -0.191. The van der Waals surface area contributed by atoms with Crippen molar-refractivity contribution in [1.82, 2.24) is 4.98 Å². The second kappa shape index (κ2) is 6.49. The molecule has 1 heterocycles. The van der Waals surface area contributed by atoms with E-state index in [0.29, 0.717) is 21.7 Å². The number of carboxylic acids is 1. The summed E-state index contributed by atoms with van der Waals surface area (Å²) in [6, 6.07) is 14.5. The van der Waals surface area contributed by atoms with Gasteiger partial charge in [-0.15, -0.1) is 0 Å². The van der Waals surface area contributed by atoms with Crippen LogP contribution < -0.4 is 4.74 Å². The lowest BCUT2D eigenvalue weighted by Gasteiger charge is -2.17. The highest BCUT2D eigenvalue weighted by molar-refractivity contribution is 6.31. The van der Waals surface area contributed by atoms with Crippen LogP contribution in [0.2, 0.25) is 5.02 Å². The number of benzene rings is 2. The number of pyridine rings is 1. The quantitative estimate of drug-likeness (QED) is 0.722. The smallest absolute Gasteiger partial charge is 0.341 e. The predicted molar refractivity (Wildman–Crippen MR) is 94.9 cm³/mol. The van der Waals surface area contributed by atoms with Crippen molar-refractivity contribution in [3.05, 3.63) is 59.1 Å². The van der Waals surface area contributed by atoms with Crippen molar-refractivity contribution in [1.29, 1.82) is 0 Å². The minimum atomic E-state index is -1.08. The molecule has 3 rings (SSSR count). The fraction of sp³-hybridized carbons (Fsp3) is 0.158. The molecule has 0 aliphatic heterocycles. The van der Waals surface area contributed by atoms with Gasteiger partial charge >= 0.3 is 5.97 Å². The Kier molecular flexibility index (Phi) is 4.40. The third-order valence-corrected chi connectivity index (χ3v) is 3.77. The molecule has 0 unspecified atom stereocenters. The lowest BCUT2D eigenvalue weighted by molar-refractivity contribution is 0.0690. The van der Waals surface area contributed by atoms with Crippen LogP contribution in [0, 0.1) is 0 Å². The molecule has 0 bridgehead atoms. The minimum Gasteiger partial charge on any atom is -0.477 e. The van der Waals surface area contributed by atoms with Crippen molar-refractivity contribution >= 4 is 28.5 Å². The standard InChI is InChI=1S/C19H16ClNO3/c1-11(2)24-18-17(19(22)23)16(12-6-5-7-13(20)10-12)14-8-3-4-9-15(14)21-18/h3-11H,1-2H3,(H,22,23). The lowest BCUT2D eigenvalue weighted by atomic mass is 9.96. The van der Waals surface area contributed by atoms with E-state index in [0.717, 1.165) is 5.39 Å². The van der Waals surface area contributed by atoms with Gasteiger partial charge in [0, 0.05) is 16.0 Å². The number of hydrogen-bond donors (Lipinski definition) is 1. The maximum Gasteiger partial charge on any atom is 0.341 e. The molecule has 0 saturated heterocycles. The first-order valence-corrected chi connectivity index (χ1v) is 7.94. The van der Waals surface area contributed by atoms with Crippen LogP contribution in [-0.2, 0) is 0 Å². The van der Waals surface area contributed by atoms with E-state index in [9.17, 15) is 9.90 Å². The molecule has 0 spiro atoms. The molecule has 0 radical (unpaired) electrons. The number of halogens is 1. The largest absolute Gasteiger partial charge is 0.477 e. The number of fused-ring (bicyclic) bond motifs is 1. The normalized spacial score (nSPS) is 11.0. The van der Waals surface area contributed by atoms with E-state index in [2.05, 4.69) is 4.98 Å². The molecule has 4 nitrogen and oxygen atoms in total. The van der Waals surface area contributed by atoms with Gasteiger partial charge in [0.1, 0.15) is 5.56 Å². The molecule has 0 aliphatic carbocycles. The Morgan fingerprint density at radius 3 is 2.58 bits per heavy atom. The highest BCUT2D eigenvalue weighted by Gasteiger charge is 2.23. The molecule has 24 heavy (non-hydrogen) atoms. The molecule has 1 N–H and O–H groups in total. The van der Waals surface area contributed by atoms with E-state index < -0.39 is 5.97 Å². The molecule has 0 amide bonds. The molecule has 0 fully saturated rings. The summed E-state index contributed by atoms with van der Waals surface area (Å²) in [7, 11) is 0. The molecule has 2 aromatic carbocycles. The lowest BCUT2D eigenvalue weighted by Crippen LogP contribution is -2.13. The molecular weight excluding hydrogens is 326 g/mol. The molecule has 1 aromatic heterocycles. The second-order valence-corrected chi connectivity index (χ2v) is 6.10.